The molecule has 22 heavy (non-hydrogen) atoms. The minimum atomic E-state index is 0.208. The largest absolute Gasteiger partial charge is 0.504 e. The van der Waals surface area contributed by atoms with Crippen molar-refractivity contribution in [1.29, 1.82) is 0 Å². The molecule has 3 heteroatoms. The third-order valence-corrected chi connectivity index (χ3v) is 7.30. The summed E-state index contributed by atoms with van der Waals surface area (Å²) >= 11 is 0. The fraction of sp³-hybridized carbons (Fsp3) is 0.684. The molecule has 5 rings (SSSR count). The van der Waals surface area contributed by atoms with E-state index in [1.165, 1.54) is 49.8 Å². The Kier molecular flexibility index (Phi) is 2.41. The summed E-state index contributed by atoms with van der Waals surface area (Å²) in [7, 11) is 3.96. The number of hydrogen-bond acceptors (Lipinski definition) is 3. The van der Waals surface area contributed by atoms with E-state index >= 15 is 0 Å². The third kappa shape index (κ3) is 1.29. The summed E-state index contributed by atoms with van der Waals surface area (Å²) in [5, 5.41) is 10.9. The smallest absolute Gasteiger partial charge is 0.161 e. The van der Waals surface area contributed by atoms with E-state index in [2.05, 4.69) is 18.0 Å². The lowest BCUT2D eigenvalue weighted by molar-refractivity contribution is -0.0519. The summed E-state index contributed by atoms with van der Waals surface area (Å²) in [6.45, 7) is 1.24. The topological polar surface area (TPSA) is 32.7 Å². The number of rotatable bonds is 1. The number of methoxy groups -OCH3 is 1. The lowest BCUT2D eigenvalue weighted by Crippen LogP contribution is -2.62. The summed E-state index contributed by atoms with van der Waals surface area (Å²) in [5.41, 5.74) is 3.34. The second-order valence-electron chi connectivity index (χ2n) is 8.23. The Bertz CT molecular complexity index is 657. The van der Waals surface area contributed by atoms with Crippen molar-refractivity contribution in [1.82, 2.24) is 4.90 Å². The standard InChI is InChI=1S/C19H25NO2/c1-20-11-18-9-12-6-7-14(22-2)16(21)15(12)19(10-18)8-4-3-5-13(19)17(18)20/h6-7,13,17,21H,3-5,8-11H2,1-2H3/t13?,17-,18-,19+/m0/s1. The molecule has 118 valence electrons. The number of likely N-dealkylation sites (tertiary alicyclic amines) is 1. The van der Waals surface area contributed by atoms with Gasteiger partial charge in [-0.3, -0.25) is 0 Å². The highest BCUT2D eigenvalue weighted by Crippen LogP contribution is 2.71. The molecule has 4 atom stereocenters. The predicted molar refractivity (Wildman–Crippen MR) is 85.5 cm³/mol. The van der Waals surface area contributed by atoms with Crippen molar-refractivity contribution < 1.29 is 9.84 Å². The van der Waals surface area contributed by atoms with Gasteiger partial charge in [-0.2, -0.15) is 0 Å². The van der Waals surface area contributed by atoms with Crippen LogP contribution in [0.25, 0.3) is 0 Å². The van der Waals surface area contributed by atoms with Crippen molar-refractivity contribution >= 4 is 0 Å². The summed E-state index contributed by atoms with van der Waals surface area (Å²) in [5.74, 6) is 1.81. The molecule has 4 aliphatic rings. The molecule has 1 N–H and O–H groups in total. The van der Waals surface area contributed by atoms with Crippen LogP contribution in [0.15, 0.2) is 12.1 Å². The molecule has 1 unspecified atom stereocenters. The van der Waals surface area contributed by atoms with Crippen molar-refractivity contribution in [2.45, 2.75) is 50.0 Å². The monoisotopic (exact) mass is 299 g/mol. The van der Waals surface area contributed by atoms with Crippen LogP contribution < -0.4 is 4.74 Å². The van der Waals surface area contributed by atoms with Crippen LogP contribution in [0, 0.1) is 11.3 Å². The van der Waals surface area contributed by atoms with Gasteiger partial charge in [-0.25, -0.2) is 0 Å². The number of benzene rings is 1. The molecule has 1 aromatic rings. The van der Waals surface area contributed by atoms with Gasteiger partial charge in [0.2, 0.25) is 0 Å². The third-order valence-electron chi connectivity index (χ3n) is 7.30. The first-order valence-electron chi connectivity index (χ1n) is 8.71. The van der Waals surface area contributed by atoms with Crippen molar-refractivity contribution in [3.8, 4) is 11.5 Å². The highest BCUT2D eigenvalue weighted by molar-refractivity contribution is 5.58. The quantitative estimate of drug-likeness (QED) is 0.865. The van der Waals surface area contributed by atoms with Gasteiger partial charge in [0.05, 0.1) is 7.11 Å². The van der Waals surface area contributed by atoms with Gasteiger partial charge in [0.15, 0.2) is 11.5 Å². The molecule has 1 aliphatic heterocycles. The SMILES string of the molecule is COc1ccc2c(c1O)[C@@]13CCCCC1[C@@H]1N(C)C[C@]1(C2)C3. The maximum Gasteiger partial charge on any atom is 0.161 e. The zero-order valence-electron chi connectivity index (χ0n) is 13.6. The summed E-state index contributed by atoms with van der Waals surface area (Å²) in [6, 6.07) is 4.91. The Hall–Kier alpha value is -1.22. The van der Waals surface area contributed by atoms with Crippen LogP contribution in [-0.2, 0) is 11.8 Å². The van der Waals surface area contributed by atoms with Gasteiger partial charge in [0.25, 0.3) is 0 Å². The molecule has 3 fully saturated rings. The second kappa shape index (κ2) is 4.00. The predicted octanol–water partition coefficient (Wildman–Crippen LogP) is 3.09. The Morgan fingerprint density at radius 1 is 1.32 bits per heavy atom. The Balaban J connectivity index is 1.76. The molecule has 1 saturated heterocycles. The zero-order valence-corrected chi connectivity index (χ0v) is 13.6. The van der Waals surface area contributed by atoms with Gasteiger partial charge in [0.1, 0.15) is 0 Å². The number of phenols is 1. The number of fused-ring (bicyclic) bond motifs is 2. The van der Waals surface area contributed by atoms with Crippen molar-refractivity contribution in [3.05, 3.63) is 23.3 Å². The van der Waals surface area contributed by atoms with E-state index < -0.39 is 0 Å². The van der Waals surface area contributed by atoms with Crippen LogP contribution in [0.5, 0.6) is 11.5 Å². The molecule has 2 spiro atoms. The normalized spacial score (nSPS) is 42.1. The highest BCUT2D eigenvalue weighted by Gasteiger charge is 2.70. The summed E-state index contributed by atoms with van der Waals surface area (Å²) in [6.07, 6.45) is 7.66. The first kappa shape index (κ1) is 13.2. The van der Waals surface area contributed by atoms with E-state index in [-0.39, 0.29) is 5.41 Å². The number of aromatic hydroxyl groups is 1. The number of phenolic OH excluding ortho intramolecular Hbond substituents is 1. The summed E-state index contributed by atoms with van der Waals surface area (Å²) < 4.78 is 5.42. The molecule has 0 aromatic heterocycles. The molecule has 2 saturated carbocycles. The van der Waals surface area contributed by atoms with Crippen LogP contribution in [0.2, 0.25) is 0 Å². The fourth-order valence-corrected chi connectivity index (χ4v) is 6.99. The van der Waals surface area contributed by atoms with E-state index in [1.807, 2.05) is 6.07 Å². The van der Waals surface area contributed by atoms with Gasteiger partial charge >= 0.3 is 0 Å². The Labute approximate surface area is 132 Å². The van der Waals surface area contributed by atoms with E-state index in [0.717, 1.165) is 18.4 Å². The number of ether oxygens (including phenoxy) is 1. The lowest BCUT2D eigenvalue weighted by Gasteiger charge is -2.55. The lowest BCUT2D eigenvalue weighted by atomic mass is 9.59. The average Bonchev–Trinajstić information content (AvgIpc) is 2.67. The van der Waals surface area contributed by atoms with Gasteiger partial charge in [-0.05, 0) is 50.3 Å². The van der Waals surface area contributed by atoms with Gasteiger partial charge in [-0.1, -0.05) is 18.9 Å². The minimum Gasteiger partial charge on any atom is -0.504 e. The van der Waals surface area contributed by atoms with Crippen LogP contribution in [0.1, 0.15) is 43.2 Å². The Morgan fingerprint density at radius 3 is 2.95 bits per heavy atom. The van der Waals surface area contributed by atoms with Crippen LogP contribution in [0.4, 0.5) is 0 Å². The fourth-order valence-electron chi connectivity index (χ4n) is 6.99. The number of hydrogen-bond donors (Lipinski definition) is 1. The van der Waals surface area contributed by atoms with Crippen molar-refractivity contribution in [3.63, 3.8) is 0 Å². The summed E-state index contributed by atoms with van der Waals surface area (Å²) in [4.78, 5) is 2.58. The van der Waals surface area contributed by atoms with Crippen LogP contribution in [-0.4, -0.2) is 36.8 Å². The van der Waals surface area contributed by atoms with E-state index in [0.29, 0.717) is 16.9 Å². The molecular formula is C19H25NO2. The van der Waals surface area contributed by atoms with Crippen LogP contribution >= 0.6 is 0 Å². The molecule has 3 aliphatic carbocycles. The molecule has 2 bridgehead atoms. The van der Waals surface area contributed by atoms with E-state index in [4.69, 9.17) is 4.74 Å². The van der Waals surface area contributed by atoms with Gasteiger partial charge in [0, 0.05) is 29.0 Å². The van der Waals surface area contributed by atoms with Gasteiger partial charge < -0.3 is 14.7 Å². The molecule has 1 heterocycles. The van der Waals surface area contributed by atoms with Crippen LogP contribution in [0.3, 0.4) is 0 Å². The molecule has 0 amide bonds. The first-order chi connectivity index (χ1) is 10.6. The van der Waals surface area contributed by atoms with E-state index in [9.17, 15) is 5.11 Å². The Morgan fingerprint density at radius 2 is 2.18 bits per heavy atom. The number of nitrogens with zero attached hydrogens (tertiary/aromatic N) is 1. The molecule has 0 radical (unpaired) electrons. The molecule has 3 nitrogen and oxygen atoms in total. The van der Waals surface area contributed by atoms with Gasteiger partial charge in [-0.15, -0.1) is 0 Å². The zero-order chi connectivity index (χ0) is 15.1. The average molecular weight is 299 g/mol. The molecule has 1 aromatic carbocycles. The maximum absolute atomic E-state index is 10.9. The van der Waals surface area contributed by atoms with Crippen molar-refractivity contribution in [2.75, 3.05) is 20.7 Å². The maximum atomic E-state index is 10.9. The van der Waals surface area contributed by atoms with E-state index in [1.54, 1.807) is 7.11 Å². The molecular weight excluding hydrogens is 274 g/mol. The second-order valence-corrected chi connectivity index (χ2v) is 8.23. The van der Waals surface area contributed by atoms with Crippen molar-refractivity contribution in [2.24, 2.45) is 11.3 Å². The minimum absolute atomic E-state index is 0.208. The highest BCUT2D eigenvalue weighted by atomic mass is 16.5. The first-order valence-corrected chi connectivity index (χ1v) is 8.71.